The molecule has 0 aromatic heterocycles. The Morgan fingerprint density at radius 2 is 2.11 bits per heavy atom. The highest BCUT2D eigenvalue weighted by Gasteiger charge is 2.38. The zero-order chi connectivity index (χ0) is 13.7. The molecule has 0 unspecified atom stereocenters. The second-order valence-corrected chi connectivity index (χ2v) is 5.67. The summed E-state index contributed by atoms with van der Waals surface area (Å²) in [6.45, 7) is 1.63. The molecule has 1 aliphatic heterocycles. The first-order chi connectivity index (χ1) is 8.47. The fourth-order valence-electron chi connectivity index (χ4n) is 1.56. The third kappa shape index (κ3) is 3.60. The topological polar surface area (TPSA) is 75.7 Å². The van der Waals surface area contributed by atoms with Gasteiger partial charge in [-0.2, -0.15) is 0 Å². The molecule has 1 fully saturated rings. The van der Waals surface area contributed by atoms with Gasteiger partial charge in [-0.15, -0.1) is 6.42 Å². The van der Waals surface area contributed by atoms with E-state index >= 15 is 0 Å². The standard InChI is InChI=1S/C11H13IN2O4/c1-3-6-18-11(17)13-10(7(2)12)14-8(15)4-5-9(14)16/h1,7,10H,4-6H2,2H3,(H,13,17)/t7-,10+/m0/s1. The summed E-state index contributed by atoms with van der Waals surface area (Å²) in [4.78, 5) is 35.7. The number of hydrogen-bond donors (Lipinski definition) is 1. The number of amides is 3. The van der Waals surface area contributed by atoms with Crippen LogP contribution >= 0.6 is 22.6 Å². The van der Waals surface area contributed by atoms with E-state index in [9.17, 15) is 14.4 Å². The monoisotopic (exact) mass is 364 g/mol. The Morgan fingerprint density at radius 3 is 2.56 bits per heavy atom. The van der Waals surface area contributed by atoms with E-state index in [1.165, 1.54) is 0 Å². The summed E-state index contributed by atoms with van der Waals surface area (Å²) in [6.07, 6.45) is 3.87. The predicted molar refractivity (Wildman–Crippen MR) is 71.7 cm³/mol. The zero-order valence-corrected chi connectivity index (χ0v) is 12.0. The number of terminal acetylenes is 1. The van der Waals surface area contributed by atoms with Crippen molar-refractivity contribution in [2.45, 2.75) is 29.9 Å². The lowest BCUT2D eigenvalue weighted by atomic mass is 10.3. The van der Waals surface area contributed by atoms with E-state index < -0.39 is 12.3 Å². The molecule has 0 radical (unpaired) electrons. The summed E-state index contributed by atoms with van der Waals surface area (Å²) in [5.74, 6) is 1.58. The molecule has 1 saturated heterocycles. The predicted octanol–water partition coefficient (Wildman–Crippen LogP) is 0.644. The first-order valence-electron chi connectivity index (χ1n) is 5.33. The summed E-state index contributed by atoms with van der Waals surface area (Å²) >= 11 is 2.03. The smallest absolute Gasteiger partial charge is 0.409 e. The molecule has 0 saturated carbocycles. The molecule has 0 bridgehead atoms. The molecule has 0 spiro atoms. The van der Waals surface area contributed by atoms with Crippen molar-refractivity contribution in [3.63, 3.8) is 0 Å². The fourth-order valence-corrected chi connectivity index (χ4v) is 2.06. The maximum Gasteiger partial charge on any atom is 0.409 e. The number of nitrogens with zero attached hydrogens (tertiary/aromatic N) is 1. The number of ether oxygens (including phenoxy) is 1. The van der Waals surface area contributed by atoms with Crippen molar-refractivity contribution in [1.82, 2.24) is 10.2 Å². The number of imide groups is 1. The Hall–Kier alpha value is -1.30. The number of alkyl halides is 1. The normalized spacial score (nSPS) is 18.2. The van der Waals surface area contributed by atoms with Gasteiger partial charge >= 0.3 is 6.09 Å². The highest BCUT2D eigenvalue weighted by molar-refractivity contribution is 14.1. The van der Waals surface area contributed by atoms with Crippen LogP contribution in [0.1, 0.15) is 19.8 Å². The van der Waals surface area contributed by atoms with Crippen molar-refractivity contribution >= 4 is 40.5 Å². The van der Waals surface area contributed by atoms with Crippen molar-refractivity contribution in [3.8, 4) is 12.3 Å². The van der Waals surface area contributed by atoms with E-state index in [4.69, 9.17) is 6.42 Å². The van der Waals surface area contributed by atoms with Crippen LogP contribution in [0.15, 0.2) is 0 Å². The van der Waals surface area contributed by atoms with Gasteiger partial charge in [0, 0.05) is 16.8 Å². The molecule has 1 aliphatic rings. The average molecular weight is 364 g/mol. The molecule has 98 valence electrons. The lowest BCUT2D eigenvalue weighted by molar-refractivity contribution is -0.141. The lowest BCUT2D eigenvalue weighted by Crippen LogP contribution is -2.54. The van der Waals surface area contributed by atoms with Gasteiger partial charge in [-0.05, 0) is 6.92 Å². The first kappa shape index (κ1) is 14.8. The molecule has 1 N–H and O–H groups in total. The van der Waals surface area contributed by atoms with Crippen LogP contribution in [-0.4, -0.2) is 39.5 Å². The van der Waals surface area contributed by atoms with E-state index in [1.54, 1.807) is 6.92 Å². The number of halogens is 1. The van der Waals surface area contributed by atoms with Crippen molar-refractivity contribution in [3.05, 3.63) is 0 Å². The Kier molecular flexibility index (Phi) is 5.40. The molecule has 3 amide bonds. The van der Waals surface area contributed by atoms with Gasteiger partial charge in [0.1, 0.15) is 6.17 Å². The number of likely N-dealkylation sites (tertiary alicyclic amines) is 1. The SMILES string of the molecule is C#CCOC(=O)N[C@@H]([C@H](C)I)N1C(=O)CCC1=O. The molecule has 1 rings (SSSR count). The highest BCUT2D eigenvalue weighted by atomic mass is 127. The van der Waals surface area contributed by atoms with Gasteiger partial charge < -0.3 is 4.74 Å². The maximum absolute atomic E-state index is 11.6. The van der Waals surface area contributed by atoms with Crippen LogP contribution in [0.25, 0.3) is 0 Å². The number of carbonyl (C=O) groups is 3. The van der Waals surface area contributed by atoms with E-state index in [0.29, 0.717) is 0 Å². The number of hydrogen-bond acceptors (Lipinski definition) is 4. The molecule has 0 aromatic rings. The van der Waals surface area contributed by atoms with E-state index in [2.05, 4.69) is 16.0 Å². The summed E-state index contributed by atoms with van der Waals surface area (Å²) in [5, 5.41) is 2.47. The summed E-state index contributed by atoms with van der Waals surface area (Å²) in [7, 11) is 0. The van der Waals surface area contributed by atoms with E-state index in [-0.39, 0.29) is 35.2 Å². The fraction of sp³-hybridized carbons (Fsp3) is 0.545. The van der Waals surface area contributed by atoms with Crippen LogP contribution in [-0.2, 0) is 14.3 Å². The van der Waals surface area contributed by atoms with E-state index in [0.717, 1.165) is 4.90 Å². The van der Waals surface area contributed by atoms with Crippen LogP contribution in [0.2, 0.25) is 0 Å². The quantitative estimate of drug-likeness (QED) is 0.344. The van der Waals surface area contributed by atoms with Gasteiger partial charge in [-0.25, -0.2) is 4.79 Å². The largest absolute Gasteiger partial charge is 0.436 e. The molecule has 18 heavy (non-hydrogen) atoms. The molecule has 0 aromatic carbocycles. The molecular weight excluding hydrogens is 351 g/mol. The summed E-state index contributed by atoms with van der Waals surface area (Å²) in [5.41, 5.74) is 0. The van der Waals surface area contributed by atoms with Crippen LogP contribution in [0.3, 0.4) is 0 Å². The van der Waals surface area contributed by atoms with Crippen LogP contribution < -0.4 is 5.32 Å². The van der Waals surface area contributed by atoms with Crippen LogP contribution in [0, 0.1) is 12.3 Å². The molecule has 0 aliphatic carbocycles. The Balaban J connectivity index is 2.71. The highest BCUT2D eigenvalue weighted by Crippen LogP contribution is 2.19. The van der Waals surface area contributed by atoms with Crippen molar-refractivity contribution in [2.24, 2.45) is 0 Å². The first-order valence-corrected chi connectivity index (χ1v) is 6.57. The van der Waals surface area contributed by atoms with E-state index in [1.807, 2.05) is 22.6 Å². The van der Waals surface area contributed by atoms with Gasteiger partial charge in [0.2, 0.25) is 11.8 Å². The van der Waals surface area contributed by atoms with Crippen LogP contribution in [0.4, 0.5) is 4.79 Å². The Morgan fingerprint density at radius 1 is 1.56 bits per heavy atom. The maximum atomic E-state index is 11.6. The summed E-state index contributed by atoms with van der Waals surface area (Å²) in [6, 6.07) is 0. The molecule has 1 heterocycles. The number of rotatable bonds is 4. The Labute approximate surface area is 119 Å². The number of carbonyl (C=O) groups excluding carboxylic acids is 3. The van der Waals surface area contributed by atoms with Crippen molar-refractivity contribution in [2.75, 3.05) is 6.61 Å². The van der Waals surface area contributed by atoms with Gasteiger partial charge in [0.15, 0.2) is 6.61 Å². The minimum absolute atomic E-state index is 0.146. The van der Waals surface area contributed by atoms with Crippen molar-refractivity contribution < 1.29 is 19.1 Å². The zero-order valence-electron chi connectivity index (χ0n) is 9.81. The van der Waals surface area contributed by atoms with Gasteiger partial charge in [-0.1, -0.05) is 28.5 Å². The second-order valence-electron chi connectivity index (χ2n) is 3.70. The third-order valence-corrected chi connectivity index (χ3v) is 3.04. The lowest BCUT2D eigenvalue weighted by Gasteiger charge is -2.28. The average Bonchev–Trinajstić information content (AvgIpc) is 2.63. The second kappa shape index (κ2) is 6.58. The molecule has 6 nitrogen and oxygen atoms in total. The van der Waals surface area contributed by atoms with Gasteiger partial charge in [0.05, 0.1) is 0 Å². The molecular formula is C11H13IN2O4. The number of nitrogens with one attached hydrogen (secondary N) is 1. The third-order valence-electron chi connectivity index (χ3n) is 2.36. The van der Waals surface area contributed by atoms with Crippen LogP contribution in [0.5, 0.6) is 0 Å². The summed E-state index contributed by atoms with van der Waals surface area (Å²) < 4.78 is 4.52. The van der Waals surface area contributed by atoms with Crippen molar-refractivity contribution in [1.29, 1.82) is 0 Å². The minimum Gasteiger partial charge on any atom is -0.436 e. The molecule has 7 heteroatoms. The van der Waals surface area contributed by atoms with Gasteiger partial charge in [-0.3, -0.25) is 19.8 Å². The Bertz CT molecular complexity index is 386. The van der Waals surface area contributed by atoms with Gasteiger partial charge in [0.25, 0.3) is 0 Å². The molecule has 2 atom stereocenters. The minimum atomic E-state index is -0.742. The number of alkyl carbamates (subject to hydrolysis) is 1.